The molecule has 21 heavy (non-hydrogen) atoms. The molecule has 2 aromatic heterocycles. The van der Waals surface area contributed by atoms with Gasteiger partial charge in [0.15, 0.2) is 0 Å². The van der Waals surface area contributed by atoms with Crippen LogP contribution in [0.15, 0.2) is 16.5 Å². The van der Waals surface area contributed by atoms with E-state index in [2.05, 4.69) is 15.2 Å². The Morgan fingerprint density at radius 3 is 2.57 bits per heavy atom. The van der Waals surface area contributed by atoms with Crippen molar-refractivity contribution in [2.45, 2.75) is 37.5 Å². The molecule has 0 atom stereocenters. The van der Waals surface area contributed by atoms with E-state index in [0.717, 1.165) is 17.8 Å². The van der Waals surface area contributed by atoms with Gasteiger partial charge in [-0.2, -0.15) is 9.40 Å². The van der Waals surface area contributed by atoms with Crippen LogP contribution in [0.25, 0.3) is 0 Å². The fraction of sp³-hybridized carbons (Fsp3) is 0.538. The first kappa shape index (κ1) is 14.7. The first-order chi connectivity index (χ1) is 10.00. The van der Waals surface area contributed by atoms with E-state index in [-0.39, 0.29) is 0 Å². The number of H-pyrrole nitrogens is 1. The minimum absolute atomic E-state index is 0.329. The van der Waals surface area contributed by atoms with Crippen molar-refractivity contribution < 1.29 is 8.42 Å². The lowest BCUT2D eigenvalue weighted by Crippen LogP contribution is -2.38. The van der Waals surface area contributed by atoms with E-state index in [9.17, 15) is 8.42 Å². The van der Waals surface area contributed by atoms with Crippen molar-refractivity contribution in [2.24, 2.45) is 0 Å². The molecule has 0 aromatic carbocycles. The molecule has 0 saturated carbocycles. The van der Waals surface area contributed by atoms with Crippen LogP contribution < -0.4 is 0 Å². The van der Waals surface area contributed by atoms with E-state index < -0.39 is 10.0 Å². The molecule has 0 aliphatic carbocycles. The summed E-state index contributed by atoms with van der Waals surface area (Å²) < 4.78 is 27.0. The summed E-state index contributed by atoms with van der Waals surface area (Å²) >= 11 is 1.65. The molecule has 0 bridgehead atoms. The van der Waals surface area contributed by atoms with Crippen LogP contribution in [0.2, 0.25) is 0 Å². The second kappa shape index (κ2) is 5.51. The summed E-state index contributed by atoms with van der Waals surface area (Å²) in [6.07, 6.45) is 3.45. The average Bonchev–Trinajstić information content (AvgIpc) is 3.09. The third-order valence-electron chi connectivity index (χ3n) is 3.91. The van der Waals surface area contributed by atoms with Crippen LogP contribution in [0, 0.1) is 13.8 Å². The predicted molar refractivity (Wildman–Crippen MR) is 80.9 cm³/mol. The molecule has 1 saturated heterocycles. The van der Waals surface area contributed by atoms with Crippen molar-refractivity contribution in [1.29, 1.82) is 0 Å². The number of piperidine rings is 1. The Balaban J connectivity index is 1.77. The average molecular weight is 326 g/mol. The molecule has 3 rings (SSSR count). The lowest BCUT2D eigenvalue weighted by molar-refractivity contribution is 0.319. The second-order valence-electron chi connectivity index (χ2n) is 5.31. The van der Waals surface area contributed by atoms with Crippen LogP contribution in [-0.2, 0) is 10.0 Å². The molecule has 2 aromatic rings. The molecule has 0 radical (unpaired) electrons. The van der Waals surface area contributed by atoms with E-state index >= 15 is 0 Å². The quantitative estimate of drug-likeness (QED) is 0.936. The largest absolute Gasteiger partial charge is 0.281 e. The highest BCUT2D eigenvalue weighted by molar-refractivity contribution is 7.89. The molecule has 0 spiro atoms. The van der Waals surface area contributed by atoms with E-state index in [0.29, 0.717) is 35.3 Å². The van der Waals surface area contributed by atoms with E-state index in [1.54, 1.807) is 35.7 Å². The number of nitrogens with zero attached hydrogens (tertiary/aromatic N) is 3. The molecular weight excluding hydrogens is 308 g/mol. The van der Waals surface area contributed by atoms with Gasteiger partial charge in [-0.15, -0.1) is 11.3 Å². The van der Waals surface area contributed by atoms with E-state index in [1.165, 1.54) is 0 Å². The number of hydrogen-bond acceptors (Lipinski definition) is 5. The summed E-state index contributed by atoms with van der Waals surface area (Å²) in [6.45, 7) is 4.54. The zero-order valence-electron chi connectivity index (χ0n) is 12.0. The Kier molecular flexibility index (Phi) is 3.85. The maximum absolute atomic E-state index is 12.7. The Hall–Kier alpha value is -1.25. The standard InChI is InChI=1S/C13H18N4O2S2/c1-9-12(10(2)16-15-9)21(18,19)17-6-3-11(4-7-17)13-14-5-8-20-13/h5,8,11H,3-4,6-7H2,1-2H3,(H,15,16). The number of nitrogens with one attached hydrogen (secondary N) is 1. The van der Waals surface area contributed by atoms with Gasteiger partial charge in [-0.3, -0.25) is 5.10 Å². The Bertz CT molecular complexity index is 694. The van der Waals surface area contributed by atoms with Crippen LogP contribution >= 0.6 is 11.3 Å². The van der Waals surface area contributed by atoms with Gasteiger partial charge in [-0.1, -0.05) is 0 Å². The highest BCUT2D eigenvalue weighted by Crippen LogP contribution is 2.32. The third-order valence-corrected chi connectivity index (χ3v) is 7.01. The number of aromatic nitrogens is 3. The second-order valence-corrected chi connectivity index (χ2v) is 8.11. The lowest BCUT2D eigenvalue weighted by atomic mass is 9.99. The summed E-state index contributed by atoms with van der Waals surface area (Å²) in [5.74, 6) is 0.378. The van der Waals surface area contributed by atoms with Gasteiger partial charge in [0.2, 0.25) is 10.0 Å². The fourth-order valence-corrected chi connectivity index (χ4v) is 5.44. The minimum atomic E-state index is -3.45. The van der Waals surface area contributed by atoms with Crippen molar-refractivity contribution in [3.05, 3.63) is 28.0 Å². The molecule has 0 amide bonds. The van der Waals surface area contributed by atoms with Crippen molar-refractivity contribution in [1.82, 2.24) is 19.5 Å². The van der Waals surface area contributed by atoms with Crippen molar-refractivity contribution in [3.63, 3.8) is 0 Å². The number of sulfonamides is 1. The number of aryl methyl sites for hydroxylation is 2. The van der Waals surface area contributed by atoms with Gasteiger partial charge in [0.05, 0.1) is 16.4 Å². The first-order valence-electron chi connectivity index (χ1n) is 6.91. The topological polar surface area (TPSA) is 79.0 Å². The third kappa shape index (κ3) is 2.63. The molecule has 1 aliphatic rings. The van der Waals surface area contributed by atoms with Crippen LogP contribution in [0.1, 0.15) is 35.2 Å². The monoisotopic (exact) mass is 326 g/mol. The first-order valence-corrected chi connectivity index (χ1v) is 9.23. The highest BCUT2D eigenvalue weighted by atomic mass is 32.2. The maximum atomic E-state index is 12.7. The van der Waals surface area contributed by atoms with Gasteiger partial charge in [-0.25, -0.2) is 13.4 Å². The van der Waals surface area contributed by atoms with Crippen LogP contribution in [0.3, 0.4) is 0 Å². The molecule has 1 N–H and O–H groups in total. The van der Waals surface area contributed by atoms with Crippen molar-refractivity contribution >= 4 is 21.4 Å². The Labute approximate surface area is 128 Å². The lowest BCUT2D eigenvalue weighted by Gasteiger charge is -2.30. The molecule has 114 valence electrons. The van der Waals surface area contributed by atoms with Crippen molar-refractivity contribution in [2.75, 3.05) is 13.1 Å². The van der Waals surface area contributed by atoms with Gasteiger partial charge < -0.3 is 0 Å². The van der Waals surface area contributed by atoms with Crippen LogP contribution in [0.5, 0.6) is 0 Å². The number of thiazole rings is 1. The molecule has 8 heteroatoms. The van der Waals surface area contributed by atoms with E-state index in [1.807, 2.05) is 5.38 Å². The maximum Gasteiger partial charge on any atom is 0.246 e. The molecule has 0 unspecified atom stereocenters. The fourth-order valence-electron chi connectivity index (χ4n) is 2.83. The molecule has 1 aliphatic heterocycles. The van der Waals surface area contributed by atoms with Crippen LogP contribution in [0.4, 0.5) is 0 Å². The summed E-state index contributed by atoms with van der Waals surface area (Å²) in [7, 11) is -3.45. The number of aromatic amines is 1. The normalized spacial score (nSPS) is 18.2. The zero-order valence-corrected chi connectivity index (χ0v) is 13.7. The predicted octanol–water partition coefficient (Wildman–Crippen LogP) is 2.05. The summed E-state index contributed by atoms with van der Waals surface area (Å²) in [6, 6.07) is 0. The molecular formula is C13H18N4O2S2. The van der Waals surface area contributed by atoms with Crippen LogP contribution in [-0.4, -0.2) is 41.0 Å². The van der Waals surface area contributed by atoms with Gasteiger partial charge in [-0.05, 0) is 26.7 Å². The Morgan fingerprint density at radius 1 is 1.33 bits per heavy atom. The Morgan fingerprint density at radius 2 is 2.05 bits per heavy atom. The zero-order chi connectivity index (χ0) is 15.0. The van der Waals surface area contributed by atoms with Gasteiger partial charge >= 0.3 is 0 Å². The SMILES string of the molecule is Cc1n[nH]c(C)c1S(=O)(=O)N1CCC(c2nccs2)CC1. The minimum Gasteiger partial charge on any atom is -0.281 e. The molecule has 1 fully saturated rings. The van der Waals surface area contributed by atoms with Gasteiger partial charge in [0.1, 0.15) is 4.90 Å². The van der Waals surface area contributed by atoms with Gasteiger partial charge in [0.25, 0.3) is 0 Å². The molecule has 3 heterocycles. The summed E-state index contributed by atoms with van der Waals surface area (Å²) in [5, 5.41) is 9.83. The van der Waals surface area contributed by atoms with E-state index in [4.69, 9.17) is 0 Å². The van der Waals surface area contributed by atoms with Crippen molar-refractivity contribution in [3.8, 4) is 0 Å². The summed E-state index contributed by atoms with van der Waals surface area (Å²) in [4.78, 5) is 4.67. The smallest absolute Gasteiger partial charge is 0.246 e. The molecule has 6 nitrogen and oxygen atoms in total. The number of rotatable bonds is 3. The number of hydrogen-bond donors (Lipinski definition) is 1. The highest BCUT2D eigenvalue weighted by Gasteiger charge is 2.33. The van der Waals surface area contributed by atoms with Gasteiger partial charge in [0, 0.05) is 30.6 Å². The summed E-state index contributed by atoms with van der Waals surface area (Å²) in [5.41, 5.74) is 1.14.